The van der Waals surface area contributed by atoms with Gasteiger partial charge in [-0.05, 0) is 101 Å². The van der Waals surface area contributed by atoms with Crippen molar-refractivity contribution >= 4 is 70.4 Å². The molecule has 0 spiro atoms. The number of carbonyl (C=O) groups excluding carboxylic acids is 10. The molecule has 5 amide bonds. The second kappa shape index (κ2) is 47.6. The number of aromatic nitrogens is 2. The van der Waals surface area contributed by atoms with E-state index in [1.807, 2.05) is 13.8 Å². The lowest BCUT2D eigenvalue weighted by Gasteiger charge is -2.27. The number of benzene rings is 2. The summed E-state index contributed by atoms with van der Waals surface area (Å²) in [5, 5.41) is 44.3. The number of aromatic amines is 1. The van der Waals surface area contributed by atoms with Crippen LogP contribution in [0.5, 0.6) is 5.75 Å². The number of aliphatic hydroxyl groups excluding tert-OH is 2. The summed E-state index contributed by atoms with van der Waals surface area (Å²) in [5.74, 6) is -11.4. The molecule has 0 saturated carbocycles. The number of aliphatic imine (C=N–C) groups is 2. The molecule has 550 valence electrons. The van der Waals surface area contributed by atoms with E-state index in [0.717, 1.165) is 19.3 Å². The van der Waals surface area contributed by atoms with Crippen LogP contribution in [0.2, 0.25) is 0 Å². The Hall–Kier alpha value is -8.39. The average molecular weight is 1380 g/mol. The van der Waals surface area contributed by atoms with Crippen molar-refractivity contribution < 1.29 is 63.3 Å². The highest BCUT2D eigenvalue weighted by atomic mass is 16.3. The van der Waals surface area contributed by atoms with Gasteiger partial charge in [-0.3, -0.25) is 57.9 Å². The van der Waals surface area contributed by atoms with Crippen LogP contribution in [0.25, 0.3) is 0 Å². The summed E-state index contributed by atoms with van der Waals surface area (Å²) >= 11 is 0. The number of Topliss-reactive ketones (excluding diaryl/α,β-unsaturated/α-hetero) is 5. The second-order valence-corrected chi connectivity index (χ2v) is 26.8. The number of rotatable bonds is 54. The van der Waals surface area contributed by atoms with Crippen molar-refractivity contribution in [1.29, 1.82) is 0 Å². The summed E-state index contributed by atoms with van der Waals surface area (Å²) in [6, 6.07) is 8.89. The maximum absolute atomic E-state index is 15.1. The zero-order valence-corrected chi connectivity index (χ0v) is 59.3. The lowest BCUT2D eigenvalue weighted by Crippen LogP contribution is -2.51. The molecule has 0 aliphatic heterocycles. The van der Waals surface area contributed by atoms with Crippen molar-refractivity contribution in [3.05, 3.63) is 83.9 Å². The van der Waals surface area contributed by atoms with Crippen LogP contribution >= 0.6 is 0 Å². The number of nitrogens with zero attached hydrogens (tertiary/aromatic N) is 3. The molecule has 0 radical (unpaired) electrons. The summed E-state index contributed by atoms with van der Waals surface area (Å²) in [5.41, 5.74) is 24.3. The number of imidazole rings is 1. The number of carbonyl (C=O) groups is 10. The van der Waals surface area contributed by atoms with Crippen LogP contribution in [0.3, 0.4) is 0 Å². The van der Waals surface area contributed by atoms with Crippen LogP contribution in [-0.4, -0.2) is 152 Å². The molecule has 1 aromatic heterocycles. The molecule has 3 aromatic rings. The molecule has 0 bridgehead atoms. The Morgan fingerprint density at radius 2 is 1.00 bits per heavy atom. The number of phenols is 1. The van der Waals surface area contributed by atoms with E-state index in [9.17, 15) is 58.5 Å². The number of H-pyrrole nitrogens is 1. The first-order valence-corrected chi connectivity index (χ1v) is 35.5. The third kappa shape index (κ3) is 35.3. The Labute approximate surface area is 584 Å². The number of aliphatic hydroxyl groups is 2. The van der Waals surface area contributed by atoms with Crippen LogP contribution < -0.4 is 49.5 Å². The van der Waals surface area contributed by atoms with Gasteiger partial charge in [0.2, 0.25) is 29.5 Å². The first-order valence-electron chi connectivity index (χ1n) is 35.5. The number of hydrogen-bond acceptors (Lipinski definition) is 16. The molecule has 0 aliphatic carbocycles. The number of unbranched alkanes of at least 4 members (excludes halogenated alkanes) is 12. The Morgan fingerprint density at radius 1 is 0.525 bits per heavy atom. The first-order chi connectivity index (χ1) is 47.2. The van der Waals surface area contributed by atoms with E-state index < -0.39 is 138 Å². The molecule has 99 heavy (non-hydrogen) atoms. The molecule has 17 N–H and O–H groups in total. The number of amides is 5. The maximum Gasteiger partial charge on any atom is 0.226 e. The number of hydrogen-bond donors (Lipinski definition) is 13. The number of phenolic OH excluding ortho intramolecular Hbond substituents is 1. The molecule has 2 aromatic carbocycles. The standard InChI is InChI=1S/C73H115N13O13/c1-7-8-9-10-11-12-13-14-15-16-17-18-22-29-66(95)82-48(4)62(91)40-55(37-52-30-32-58(90)33-31-52)70(98)84-60(38-51-25-20-19-21-26-51)64(93)39-53(27-23-34-79-72(74)75)68(96)83-59(28-24-35-80-73(76)77)63(92)41-54(36-47(2)3)69(97)85-61(43-57-44-78-46-81-57)65(94)42-56(45-87)71(99)86-67(49(5)88)50(6)89/h19-21,25-26,30-33,44,46-49,53-56,59-61,67,87-88,90H,7-18,22-24,27-29,34-43,45H2,1-6H3,(H,78,81)(H,82,95)(H,83,96)(H,84,98)(H,85,97)(H,86,99)(H4,74,75,79)(H4,76,77,80)/t48-,49+,53+,54+,55+,56-,59-,60-,61-,67-/m0/s1. The van der Waals surface area contributed by atoms with Crippen LogP contribution in [0, 0.1) is 29.6 Å². The summed E-state index contributed by atoms with van der Waals surface area (Å²) < 4.78 is 0. The molecular formula is C73H115N13O13. The number of aromatic hydroxyl groups is 1. The Bertz CT molecular complexity index is 3010. The minimum absolute atomic E-state index is 0.0109. The van der Waals surface area contributed by atoms with E-state index in [1.54, 1.807) is 49.4 Å². The molecular weight excluding hydrogens is 1270 g/mol. The zero-order chi connectivity index (χ0) is 73.2. The molecule has 26 nitrogen and oxygen atoms in total. The lowest BCUT2D eigenvalue weighted by atomic mass is 9.87. The third-order valence-corrected chi connectivity index (χ3v) is 17.6. The lowest BCUT2D eigenvalue weighted by molar-refractivity contribution is -0.137. The van der Waals surface area contributed by atoms with Gasteiger partial charge in [0.15, 0.2) is 40.8 Å². The van der Waals surface area contributed by atoms with Gasteiger partial charge in [0.05, 0.1) is 49.1 Å². The highest BCUT2D eigenvalue weighted by molar-refractivity contribution is 5.98. The summed E-state index contributed by atoms with van der Waals surface area (Å²) in [6.45, 7) is 9.21. The SMILES string of the molecule is CCCCCCCCCCCCCCCC(=O)N[C@@H](C)C(=O)C[C@@H](Cc1ccc(O)cc1)C(=O)N[C@@H](Cc1ccccc1)C(=O)C[C@@H](CCCN=C(N)N)C(=O)N[C@@H](CCCN=C(N)N)C(=O)C[C@@H](CC(C)C)C(=O)N[C@@H](Cc1cnc[nH]1)C(=O)C[C@@H](CO)C(=O)N[C@H](C(C)=O)[C@@H](C)O. The number of ketones is 5. The van der Waals surface area contributed by atoms with Crippen molar-refractivity contribution in [1.82, 2.24) is 36.6 Å². The molecule has 0 unspecified atom stereocenters. The predicted molar refractivity (Wildman–Crippen MR) is 381 cm³/mol. The first kappa shape index (κ1) is 84.8. The average Bonchev–Trinajstić information content (AvgIpc) is 1.24. The Kier molecular flexibility index (Phi) is 40.8. The van der Waals surface area contributed by atoms with E-state index in [4.69, 9.17) is 22.9 Å². The van der Waals surface area contributed by atoms with Crippen molar-refractivity contribution in [3.63, 3.8) is 0 Å². The Morgan fingerprint density at radius 3 is 1.53 bits per heavy atom. The molecule has 3 rings (SSSR count). The van der Waals surface area contributed by atoms with E-state index in [2.05, 4.69) is 53.5 Å². The van der Waals surface area contributed by atoms with Gasteiger partial charge in [-0.15, -0.1) is 0 Å². The van der Waals surface area contributed by atoms with E-state index in [1.165, 1.54) is 96.3 Å². The van der Waals surface area contributed by atoms with Crippen LogP contribution in [0.15, 0.2) is 77.1 Å². The molecule has 10 atom stereocenters. The van der Waals surface area contributed by atoms with Gasteiger partial charge in [-0.2, -0.15) is 0 Å². The molecule has 1 heterocycles. The fourth-order valence-corrected chi connectivity index (χ4v) is 11.9. The van der Waals surface area contributed by atoms with Gasteiger partial charge in [0, 0.05) is 81.3 Å². The van der Waals surface area contributed by atoms with Crippen LogP contribution in [0.4, 0.5) is 0 Å². The van der Waals surface area contributed by atoms with Gasteiger partial charge < -0.3 is 69.8 Å². The van der Waals surface area contributed by atoms with Crippen LogP contribution in [0.1, 0.15) is 206 Å². The van der Waals surface area contributed by atoms with Crippen molar-refractivity contribution in [3.8, 4) is 5.75 Å². The largest absolute Gasteiger partial charge is 0.508 e. The Balaban J connectivity index is 1.93. The second-order valence-electron chi connectivity index (χ2n) is 26.8. The number of guanidine groups is 2. The normalized spacial score (nSPS) is 14.3. The fraction of sp³-hybridized carbons (Fsp3) is 0.630. The van der Waals surface area contributed by atoms with Gasteiger partial charge in [0.25, 0.3) is 0 Å². The predicted octanol–water partition coefficient (Wildman–Crippen LogP) is 5.49. The fourth-order valence-electron chi connectivity index (χ4n) is 11.9. The topological polar surface area (TPSA) is 449 Å². The monoisotopic (exact) mass is 1380 g/mol. The molecule has 26 heteroatoms. The summed E-state index contributed by atoms with van der Waals surface area (Å²) in [4.78, 5) is 156. The number of nitrogens with two attached hydrogens (primary N) is 4. The van der Waals surface area contributed by atoms with Crippen molar-refractivity contribution in [2.24, 2.45) is 62.5 Å². The van der Waals surface area contributed by atoms with E-state index >= 15 is 4.79 Å². The molecule has 0 saturated heterocycles. The van der Waals surface area contributed by atoms with E-state index in [0.29, 0.717) is 23.2 Å². The summed E-state index contributed by atoms with van der Waals surface area (Å²) in [6.07, 6.45) is 15.3. The van der Waals surface area contributed by atoms with Gasteiger partial charge in [-0.1, -0.05) is 140 Å². The molecule has 0 aliphatic rings. The minimum atomic E-state index is -1.38. The smallest absolute Gasteiger partial charge is 0.226 e. The maximum atomic E-state index is 15.1. The van der Waals surface area contributed by atoms with Crippen molar-refractivity contribution in [2.75, 3.05) is 19.7 Å². The minimum Gasteiger partial charge on any atom is -0.508 e. The van der Waals surface area contributed by atoms with Crippen LogP contribution in [-0.2, 0) is 67.2 Å². The summed E-state index contributed by atoms with van der Waals surface area (Å²) in [7, 11) is 0. The quantitative estimate of drug-likeness (QED) is 0.0189. The zero-order valence-electron chi connectivity index (χ0n) is 59.3. The number of nitrogens with one attached hydrogen (secondary N) is 6. The highest BCUT2D eigenvalue weighted by Crippen LogP contribution is 2.24. The molecule has 0 fully saturated rings. The third-order valence-electron chi connectivity index (χ3n) is 17.6. The van der Waals surface area contributed by atoms with Crippen molar-refractivity contribution in [2.45, 2.75) is 245 Å². The van der Waals surface area contributed by atoms with Gasteiger partial charge >= 0.3 is 0 Å². The highest BCUT2D eigenvalue weighted by Gasteiger charge is 2.37. The van der Waals surface area contributed by atoms with Gasteiger partial charge in [-0.25, -0.2) is 4.98 Å². The van der Waals surface area contributed by atoms with Gasteiger partial charge in [0.1, 0.15) is 11.8 Å². The van der Waals surface area contributed by atoms with E-state index in [-0.39, 0.29) is 107 Å².